The standard InChI is InChI=1S/C27H35N3O3/c1-33-23-9-7-22(8-10-23)30-17-21(15-25(30)31)27(32)29-12-4-5-18-13-19-14-20(26(18)29)16-28-11-3-2-6-24(19)28/h7-10,13,19-21,24,26H,2-6,11-12,14-17H2,1H3/t19-,20?,21?,24?,26?/m0/s1. The van der Waals surface area contributed by atoms with Crippen molar-refractivity contribution in [3.8, 4) is 5.75 Å². The highest BCUT2D eigenvalue weighted by atomic mass is 16.5. The second kappa shape index (κ2) is 8.46. The molecule has 176 valence electrons. The van der Waals surface area contributed by atoms with Crippen LogP contribution in [-0.2, 0) is 9.59 Å². The number of carbonyl (C=O) groups is 2. The molecule has 5 atom stereocenters. The van der Waals surface area contributed by atoms with Crippen LogP contribution < -0.4 is 9.64 Å². The predicted molar refractivity (Wildman–Crippen MR) is 127 cm³/mol. The van der Waals surface area contributed by atoms with Gasteiger partial charge < -0.3 is 14.5 Å². The molecule has 4 unspecified atom stereocenters. The van der Waals surface area contributed by atoms with E-state index in [1.54, 1.807) is 12.0 Å². The largest absolute Gasteiger partial charge is 0.497 e. The smallest absolute Gasteiger partial charge is 0.228 e. The Bertz CT molecular complexity index is 958. The van der Waals surface area contributed by atoms with Crippen molar-refractivity contribution in [1.29, 1.82) is 0 Å². The second-order valence-electron chi connectivity index (χ2n) is 10.6. The van der Waals surface area contributed by atoms with Crippen LogP contribution >= 0.6 is 0 Å². The summed E-state index contributed by atoms with van der Waals surface area (Å²) in [5.41, 5.74) is 2.36. The van der Waals surface area contributed by atoms with Gasteiger partial charge >= 0.3 is 0 Å². The molecule has 0 radical (unpaired) electrons. The van der Waals surface area contributed by atoms with Crippen LogP contribution in [0.4, 0.5) is 5.69 Å². The van der Waals surface area contributed by atoms with Gasteiger partial charge in [0.1, 0.15) is 5.75 Å². The molecular formula is C27H35N3O3. The van der Waals surface area contributed by atoms with E-state index in [9.17, 15) is 9.59 Å². The van der Waals surface area contributed by atoms with Crippen molar-refractivity contribution in [1.82, 2.24) is 9.80 Å². The summed E-state index contributed by atoms with van der Waals surface area (Å²) in [7, 11) is 1.64. The zero-order valence-electron chi connectivity index (χ0n) is 19.6. The molecule has 1 aliphatic carbocycles. The third-order valence-corrected chi connectivity index (χ3v) is 8.80. The van der Waals surface area contributed by atoms with E-state index in [1.807, 2.05) is 24.3 Å². The lowest BCUT2D eigenvalue weighted by Crippen LogP contribution is -2.60. The predicted octanol–water partition coefficient (Wildman–Crippen LogP) is 3.47. The molecule has 4 aliphatic heterocycles. The van der Waals surface area contributed by atoms with Crippen LogP contribution in [-0.4, -0.2) is 67.0 Å². The SMILES string of the molecule is COc1ccc(N2CC(C(=O)N3CCCC4=C[C@H]5CC(CN6CCCCC56)C43)CC2=O)cc1. The highest BCUT2D eigenvalue weighted by Crippen LogP contribution is 2.45. The van der Waals surface area contributed by atoms with Crippen molar-refractivity contribution in [2.45, 2.75) is 57.0 Å². The Morgan fingerprint density at radius 2 is 1.91 bits per heavy atom. The maximum atomic E-state index is 13.8. The third-order valence-electron chi connectivity index (χ3n) is 8.80. The number of ether oxygens (including phenoxy) is 1. The number of piperidine rings is 3. The van der Waals surface area contributed by atoms with Gasteiger partial charge in [-0.15, -0.1) is 0 Å². The number of anilines is 1. The van der Waals surface area contributed by atoms with Gasteiger partial charge in [0.25, 0.3) is 0 Å². The molecule has 5 aliphatic rings. The first-order valence-electron chi connectivity index (χ1n) is 12.8. The maximum Gasteiger partial charge on any atom is 0.228 e. The highest BCUT2D eigenvalue weighted by molar-refractivity contribution is 6.00. The number of likely N-dealkylation sites (tertiary alicyclic amines) is 1. The lowest BCUT2D eigenvalue weighted by molar-refractivity contribution is -0.140. The van der Waals surface area contributed by atoms with E-state index < -0.39 is 0 Å². The summed E-state index contributed by atoms with van der Waals surface area (Å²) in [6, 6.07) is 8.52. The molecule has 0 N–H and O–H groups in total. The Balaban J connectivity index is 1.21. The number of nitrogens with zero attached hydrogens (tertiary/aromatic N) is 3. The quantitative estimate of drug-likeness (QED) is 0.663. The first kappa shape index (κ1) is 21.2. The van der Waals surface area contributed by atoms with Crippen LogP contribution in [0.1, 0.15) is 44.9 Å². The lowest BCUT2D eigenvalue weighted by atomic mass is 9.68. The Morgan fingerprint density at radius 1 is 1.06 bits per heavy atom. The van der Waals surface area contributed by atoms with Gasteiger partial charge in [-0.2, -0.15) is 0 Å². The number of amides is 2. The second-order valence-corrected chi connectivity index (χ2v) is 10.6. The van der Waals surface area contributed by atoms with E-state index in [4.69, 9.17) is 4.74 Å². The van der Waals surface area contributed by atoms with Crippen LogP contribution in [0.15, 0.2) is 35.9 Å². The Morgan fingerprint density at radius 3 is 2.73 bits per heavy atom. The van der Waals surface area contributed by atoms with Gasteiger partial charge in [0, 0.05) is 37.8 Å². The van der Waals surface area contributed by atoms with Crippen molar-refractivity contribution in [3.63, 3.8) is 0 Å². The molecule has 6 nitrogen and oxygen atoms in total. The Kier molecular flexibility index (Phi) is 5.44. The summed E-state index contributed by atoms with van der Waals surface area (Å²) in [4.78, 5) is 33.3. The average Bonchev–Trinajstić information content (AvgIpc) is 3.25. The minimum absolute atomic E-state index is 0.0452. The van der Waals surface area contributed by atoms with Crippen LogP contribution in [0, 0.1) is 17.8 Å². The molecule has 1 aromatic rings. The number of methoxy groups -OCH3 is 1. The van der Waals surface area contributed by atoms with Gasteiger partial charge in [-0.05, 0) is 74.8 Å². The molecule has 0 spiro atoms. The molecule has 4 fully saturated rings. The highest BCUT2D eigenvalue weighted by Gasteiger charge is 2.48. The number of rotatable bonds is 3. The van der Waals surface area contributed by atoms with Crippen molar-refractivity contribution >= 4 is 17.5 Å². The summed E-state index contributed by atoms with van der Waals surface area (Å²) in [6.45, 7) is 3.66. The molecule has 2 bridgehead atoms. The van der Waals surface area contributed by atoms with E-state index in [1.165, 1.54) is 37.8 Å². The molecule has 6 heteroatoms. The molecule has 1 aromatic carbocycles. The van der Waals surface area contributed by atoms with Crippen molar-refractivity contribution < 1.29 is 14.3 Å². The van der Waals surface area contributed by atoms with Gasteiger partial charge in [-0.25, -0.2) is 0 Å². The molecule has 4 saturated heterocycles. The average molecular weight is 450 g/mol. The molecule has 2 amide bonds. The van der Waals surface area contributed by atoms with E-state index in [2.05, 4.69) is 15.9 Å². The summed E-state index contributed by atoms with van der Waals surface area (Å²) >= 11 is 0. The summed E-state index contributed by atoms with van der Waals surface area (Å²) in [6.07, 6.45) is 10.3. The maximum absolute atomic E-state index is 13.8. The normalized spacial score (nSPS) is 33.9. The van der Waals surface area contributed by atoms with Gasteiger partial charge in [-0.1, -0.05) is 18.1 Å². The Labute approximate surface area is 196 Å². The van der Waals surface area contributed by atoms with Crippen LogP contribution in [0.3, 0.4) is 0 Å². The van der Waals surface area contributed by atoms with Gasteiger partial charge in [0.15, 0.2) is 0 Å². The number of hydrogen-bond acceptors (Lipinski definition) is 4. The third kappa shape index (κ3) is 3.67. The first-order chi connectivity index (χ1) is 16.1. The Hall–Kier alpha value is -2.34. The summed E-state index contributed by atoms with van der Waals surface area (Å²) in [5, 5.41) is 0. The van der Waals surface area contributed by atoms with E-state index in [0.717, 1.165) is 43.4 Å². The molecule has 6 rings (SSSR count). The van der Waals surface area contributed by atoms with Crippen LogP contribution in [0.5, 0.6) is 5.75 Å². The monoisotopic (exact) mass is 449 g/mol. The fourth-order valence-corrected chi connectivity index (χ4v) is 7.34. The molecule has 0 aromatic heterocycles. The fraction of sp³-hybridized carbons (Fsp3) is 0.630. The van der Waals surface area contributed by atoms with Crippen LogP contribution in [0.25, 0.3) is 0 Å². The zero-order valence-corrected chi connectivity index (χ0v) is 19.6. The fourth-order valence-electron chi connectivity index (χ4n) is 7.34. The van der Waals surface area contributed by atoms with Crippen molar-refractivity contribution in [3.05, 3.63) is 35.9 Å². The number of hydrogen-bond donors (Lipinski definition) is 0. The molecule has 4 heterocycles. The van der Waals surface area contributed by atoms with Gasteiger partial charge in [-0.3, -0.25) is 14.5 Å². The van der Waals surface area contributed by atoms with E-state index >= 15 is 0 Å². The van der Waals surface area contributed by atoms with Crippen molar-refractivity contribution in [2.75, 3.05) is 38.2 Å². The van der Waals surface area contributed by atoms with E-state index in [0.29, 0.717) is 24.8 Å². The number of carbonyl (C=O) groups excluding carboxylic acids is 2. The topological polar surface area (TPSA) is 53.1 Å². The zero-order chi connectivity index (χ0) is 22.5. The summed E-state index contributed by atoms with van der Waals surface area (Å²) in [5.74, 6) is 1.97. The van der Waals surface area contributed by atoms with E-state index in [-0.39, 0.29) is 23.8 Å². The van der Waals surface area contributed by atoms with Crippen LogP contribution in [0.2, 0.25) is 0 Å². The van der Waals surface area contributed by atoms with Gasteiger partial charge in [0.05, 0.1) is 19.1 Å². The minimum atomic E-state index is -0.247. The molecular weight excluding hydrogens is 414 g/mol. The summed E-state index contributed by atoms with van der Waals surface area (Å²) < 4.78 is 5.24. The molecule has 0 saturated carbocycles. The minimum Gasteiger partial charge on any atom is -0.497 e. The number of benzene rings is 1. The molecule has 33 heavy (non-hydrogen) atoms. The lowest BCUT2D eigenvalue weighted by Gasteiger charge is -2.55. The van der Waals surface area contributed by atoms with Gasteiger partial charge in [0.2, 0.25) is 11.8 Å². The number of fused-ring (bicyclic) bond motifs is 6. The van der Waals surface area contributed by atoms with Crippen molar-refractivity contribution in [2.24, 2.45) is 17.8 Å². The first-order valence-corrected chi connectivity index (χ1v) is 12.8.